The number of hydrogen-bond acceptors (Lipinski definition) is 6. The van der Waals surface area contributed by atoms with Crippen LogP contribution < -0.4 is 15.8 Å². The van der Waals surface area contributed by atoms with Crippen LogP contribution in [0.2, 0.25) is 0 Å². The van der Waals surface area contributed by atoms with Gasteiger partial charge in [-0.3, -0.25) is 0 Å². The molecule has 0 spiro atoms. The summed E-state index contributed by atoms with van der Waals surface area (Å²) in [4.78, 5) is 10.3. The zero-order valence-corrected chi connectivity index (χ0v) is 11.8. The Morgan fingerprint density at radius 2 is 2.06 bits per heavy atom. The van der Waals surface area contributed by atoms with Gasteiger partial charge in [0.15, 0.2) is 5.82 Å². The molecule has 0 aliphatic heterocycles. The van der Waals surface area contributed by atoms with E-state index in [4.69, 9.17) is 10.5 Å². The van der Waals surface area contributed by atoms with Crippen LogP contribution in [0, 0.1) is 5.92 Å². The molecular weight excluding hydrogens is 230 g/mol. The smallest absolute Gasteiger partial charge is 0.242 e. The predicted octanol–water partition coefficient (Wildman–Crippen LogP) is 1.07. The largest absolute Gasteiger partial charge is 0.479 e. The van der Waals surface area contributed by atoms with Crippen LogP contribution in [-0.4, -0.2) is 48.7 Å². The van der Waals surface area contributed by atoms with Crippen LogP contribution in [-0.2, 0) is 0 Å². The van der Waals surface area contributed by atoms with Gasteiger partial charge in [-0.1, -0.05) is 13.8 Å². The van der Waals surface area contributed by atoms with Crippen molar-refractivity contribution in [1.29, 1.82) is 0 Å². The summed E-state index contributed by atoms with van der Waals surface area (Å²) in [6.45, 7) is 5.23. The van der Waals surface area contributed by atoms with Crippen LogP contribution in [0.3, 0.4) is 0 Å². The summed E-state index contributed by atoms with van der Waals surface area (Å²) >= 11 is 0. The van der Waals surface area contributed by atoms with Gasteiger partial charge in [0.2, 0.25) is 5.88 Å². The Morgan fingerprint density at radius 1 is 1.39 bits per heavy atom. The minimum absolute atomic E-state index is 0.266. The van der Waals surface area contributed by atoms with Crippen LogP contribution in [0.25, 0.3) is 0 Å². The number of anilines is 2. The Morgan fingerprint density at radius 3 is 2.56 bits per heavy atom. The molecule has 1 heterocycles. The van der Waals surface area contributed by atoms with Crippen molar-refractivity contribution >= 4 is 11.5 Å². The van der Waals surface area contributed by atoms with Gasteiger partial charge in [0, 0.05) is 12.6 Å². The topological polar surface area (TPSA) is 76.3 Å². The first-order chi connectivity index (χ1) is 8.45. The van der Waals surface area contributed by atoms with Crippen molar-refractivity contribution in [3.05, 3.63) is 6.33 Å². The molecule has 6 heteroatoms. The molecule has 1 unspecified atom stereocenters. The molecule has 0 aromatic carbocycles. The molecular formula is C12H23N5O. The number of nitrogens with two attached hydrogens (primary N) is 1. The Balaban J connectivity index is 2.87. The van der Waals surface area contributed by atoms with Crippen molar-refractivity contribution in [2.24, 2.45) is 5.92 Å². The predicted molar refractivity (Wildman–Crippen MR) is 73.8 cm³/mol. The lowest BCUT2D eigenvalue weighted by Gasteiger charge is -2.26. The van der Waals surface area contributed by atoms with Crippen LogP contribution in [0.5, 0.6) is 5.88 Å². The molecule has 0 aliphatic carbocycles. The number of rotatable bonds is 6. The van der Waals surface area contributed by atoms with Crippen LogP contribution in [0.1, 0.15) is 13.8 Å². The van der Waals surface area contributed by atoms with E-state index in [0.717, 1.165) is 6.54 Å². The average Bonchev–Trinajstić information content (AvgIpc) is 2.30. The summed E-state index contributed by atoms with van der Waals surface area (Å²) in [7, 11) is 5.63. The minimum atomic E-state index is 0.266. The fraction of sp³-hybridized carbons (Fsp3) is 0.667. The van der Waals surface area contributed by atoms with Crippen molar-refractivity contribution < 1.29 is 4.74 Å². The highest BCUT2D eigenvalue weighted by atomic mass is 16.5. The summed E-state index contributed by atoms with van der Waals surface area (Å²) in [5.74, 6) is 1.50. The van der Waals surface area contributed by atoms with Crippen LogP contribution in [0.15, 0.2) is 6.33 Å². The SMILES string of the molecule is COc1ncnc(NC(CN(C)C)C(C)C)c1N. The number of nitrogens with zero attached hydrogens (tertiary/aromatic N) is 3. The Hall–Kier alpha value is -1.56. The molecule has 0 saturated heterocycles. The molecule has 0 fully saturated rings. The van der Waals surface area contributed by atoms with Gasteiger partial charge in [-0.15, -0.1) is 0 Å². The molecule has 18 heavy (non-hydrogen) atoms. The second kappa shape index (κ2) is 6.39. The summed E-state index contributed by atoms with van der Waals surface area (Å²) in [5, 5.41) is 3.36. The molecule has 1 aromatic rings. The van der Waals surface area contributed by atoms with Crippen LogP contribution in [0.4, 0.5) is 11.5 Å². The van der Waals surface area contributed by atoms with E-state index in [1.54, 1.807) is 7.11 Å². The normalized spacial score (nSPS) is 12.8. The highest BCUT2D eigenvalue weighted by molar-refractivity contribution is 5.66. The summed E-state index contributed by atoms with van der Waals surface area (Å²) in [6, 6.07) is 0.266. The third-order valence-electron chi connectivity index (χ3n) is 2.73. The van der Waals surface area contributed by atoms with Gasteiger partial charge in [0.05, 0.1) is 7.11 Å². The Bertz CT molecular complexity index is 381. The third kappa shape index (κ3) is 3.73. The van der Waals surface area contributed by atoms with Crippen molar-refractivity contribution in [1.82, 2.24) is 14.9 Å². The van der Waals surface area contributed by atoms with Gasteiger partial charge in [-0.25, -0.2) is 4.98 Å². The zero-order valence-electron chi connectivity index (χ0n) is 11.8. The lowest BCUT2D eigenvalue weighted by molar-refractivity contribution is 0.344. The maximum atomic E-state index is 5.95. The van der Waals surface area contributed by atoms with Crippen molar-refractivity contribution in [2.75, 3.05) is 38.8 Å². The van der Waals surface area contributed by atoms with Crippen LogP contribution >= 0.6 is 0 Å². The van der Waals surface area contributed by atoms with Crippen molar-refractivity contribution in [2.45, 2.75) is 19.9 Å². The second-order valence-corrected chi connectivity index (χ2v) is 4.90. The molecule has 6 nitrogen and oxygen atoms in total. The van der Waals surface area contributed by atoms with Gasteiger partial charge in [0.1, 0.15) is 12.0 Å². The first-order valence-electron chi connectivity index (χ1n) is 6.01. The standard InChI is InChI=1S/C12H23N5O/c1-8(2)9(6-17(3)4)16-11-10(13)12(18-5)15-7-14-11/h7-9H,6,13H2,1-5H3,(H,14,15,16). The molecule has 3 N–H and O–H groups in total. The lowest BCUT2D eigenvalue weighted by atomic mass is 10.0. The van der Waals surface area contributed by atoms with E-state index in [0.29, 0.717) is 23.3 Å². The number of hydrogen-bond donors (Lipinski definition) is 2. The molecule has 1 rings (SSSR count). The monoisotopic (exact) mass is 253 g/mol. The second-order valence-electron chi connectivity index (χ2n) is 4.90. The zero-order chi connectivity index (χ0) is 13.7. The third-order valence-corrected chi connectivity index (χ3v) is 2.73. The number of aromatic nitrogens is 2. The van der Waals surface area contributed by atoms with E-state index < -0.39 is 0 Å². The Kier molecular flexibility index (Phi) is 5.15. The molecule has 0 amide bonds. The Labute approximate surface area is 109 Å². The van der Waals surface area contributed by atoms with Crippen molar-refractivity contribution in [3.8, 4) is 5.88 Å². The molecule has 0 bridgehead atoms. The fourth-order valence-electron chi connectivity index (χ4n) is 1.65. The van der Waals surface area contributed by atoms with E-state index in [9.17, 15) is 0 Å². The maximum absolute atomic E-state index is 5.95. The van der Waals surface area contributed by atoms with Crippen molar-refractivity contribution in [3.63, 3.8) is 0 Å². The first-order valence-corrected chi connectivity index (χ1v) is 6.01. The van der Waals surface area contributed by atoms with Gasteiger partial charge in [-0.2, -0.15) is 4.98 Å². The number of nitrogens with one attached hydrogen (secondary N) is 1. The van der Waals surface area contributed by atoms with E-state index in [-0.39, 0.29) is 6.04 Å². The molecule has 0 aliphatic rings. The van der Waals surface area contributed by atoms with E-state index >= 15 is 0 Å². The quantitative estimate of drug-likeness (QED) is 0.789. The first kappa shape index (κ1) is 14.5. The van der Waals surface area contributed by atoms with Gasteiger partial charge >= 0.3 is 0 Å². The maximum Gasteiger partial charge on any atom is 0.242 e. The lowest BCUT2D eigenvalue weighted by Crippen LogP contribution is -2.37. The molecule has 102 valence electrons. The fourth-order valence-corrected chi connectivity index (χ4v) is 1.65. The summed E-state index contributed by atoms with van der Waals surface area (Å²) in [6.07, 6.45) is 1.45. The minimum Gasteiger partial charge on any atom is -0.479 e. The average molecular weight is 253 g/mol. The molecule has 0 saturated carbocycles. The van der Waals surface area contributed by atoms with Gasteiger partial charge in [0.25, 0.3) is 0 Å². The number of nitrogen functional groups attached to an aromatic ring is 1. The molecule has 1 atom stereocenters. The summed E-state index contributed by atoms with van der Waals surface area (Å²) in [5.41, 5.74) is 6.40. The molecule has 0 radical (unpaired) electrons. The van der Waals surface area contributed by atoms with Gasteiger partial charge in [-0.05, 0) is 20.0 Å². The highest BCUT2D eigenvalue weighted by Gasteiger charge is 2.17. The molecule has 1 aromatic heterocycles. The number of likely N-dealkylation sites (N-methyl/N-ethyl adjacent to an activating group) is 1. The van der Waals surface area contributed by atoms with E-state index in [1.165, 1.54) is 6.33 Å². The van der Waals surface area contributed by atoms with E-state index in [2.05, 4.69) is 34.0 Å². The summed E-state index contributed by atoms with van der Waals surface area (Å²) < 4.78 is 5.08. The van der Waals surface area contributed by atoms with Gasteiger partial charge < -0.3 is 20.7 Å². The highest BCUT2D eigenvalue weighted by Crippen LogP contribution is 2.25. The number of ether oxygens (including phenoxy) is 1. The van der Waals surface area contributed by atoms with E-state index in [1.807, 2.05) is 14.1 Å². The number of methoxy groups -OCH3 is 1.